The predicted octanol–water partition coefficient (Wildman–Crippen LogP) is 0.0319. The molecule has 0 aliphatic heterocycles. The van der Waals surface area contributed by atoms with Gasteiger partial charge in [0.1, 0.15) is 6.54 Å². The van der Waals surface area contributed by atoms with Crippen molar-refractivity contribution < 1.29 is 18.9 Å². The number of benzene rings is 1. The van der Waals surface area contributed by atoms with Gasteiger partial charge in [0.15, 0.2) is 12.3 Å². The molecule has 0 saturated heterocycles. The van der Waals surface area contributed by atoms with Crippen LogP contribution in [-0.2, 0) is 11.3 Å². The summed E-state index contributed by atoms with van der Waals surface area (Å²) >= 11 is 0. The summed E-state index contributed by atoms with van der Waals surface area (Å²) in [6, 6.07) is 10.2. The van der Waals surface area contributed by atoms with Crippen molar-refractivity contribution in [2.24, 2.45) is 5.73 Å². The summed E-state index contributed by atoms with van der Waals surface area (Å²) in [6.07, 6.45) is 1.61. The van der Waals surface area contributed by atoms with Crippen LogP contribution in [-0.4, -0.2) is 25.4 Å². The number of hydrogen-bond acceptors (Lipinski definition) is 3. The maximum absolute atomic E-state index is 11.9. The van der Waals surface area contributed by atoms with Crippen LogP contribution in [0.25, 0.3) is 0 Å². The first-order chi connectivity index (χ1) is 10.0. The van der Waals surface area contributed by atoms with Crippen molar-refractivity contribution >= 4 is 17.5 Å². The van der Waals surface area contributed by atoms with Gasteiger partial charge in [0.2, 0.25) is 5.91 Å². The van der Waals surface area contributed by atoms with E-state index in [1.54, 1.807) is 30.5 Å². The third-order valence-corrected chi connectivity index (χ3v) is 2.97. The molecule has 0 saturated carbocycles. The van der Waals surface area contributed by atoms with Crippen molar-refractivity contribution in [3.05, 3.63) is 54.0 Å². The predicted molar refractivity (Wildman–Crippen MR) is 77.8 cm³/mol. The summed E-state index contributed by atoms with van der Waals surface area (Å²) in [5, 5.41) is 2.78. The van der Waals surface area contributed by atoms with Crippen molar-refractivity contribution in [1.29, 1.82) is 0 Å². The molecule has 0 bridgehead atoms. The lowest BCUT2D eigenvalue weighted by molar-refractivity contribution is -0.886. The average Bonchev–Trinajstić information content (AvgIpc) is 2.91. The van der Waals surface area contributed by atoms with Gasteiger partial charge in [-0.3, -0.25) is 9.59 Å². The van der Waals surface area contributed by atoms with Gasteiger partial charge >= 0.3 is 0 Å². The van der Waals surface area contributed by atoms with Crippen LogP contribution in [0.5, 0.6) is 0 Å². The van der Waals surface area contributed by atoms with Gasteiger partial charge in [0.25, 0.3) is 5.91 Å². The summed E-state index contributed by atoms with van der Waals surface area (Å²) in [4.78, 5) is 23.9. The molecule has 4 N–H and O–H groups in total. The Bertz CT molecular complexity index is 606. The van der Waals surface area contributed by atoms with Crippen molar-refractivity contribution in [3.8, 4) is 0 Å². The van der Waals surface area contributed by atoms with E-state index in [1.165, 1.54) is 0 Å². The van der Waals surface area contributed by atoms with Crippen molar-refractivity contribution in [3.63, 3.8) is 0 Å². The molecule has 1 unspecified atom stereocenters. The van der Waals surface area contributed by atoms with E-state index in [0.29, 0.717) is 24.3 Å². The quantitative estimate of drug-likeness (QED) is 0.700. The lowest BCUT2D eigenvalue weighted by Gasteiger charge is -2.12. The van der Waals surface area contributed by atoms with E-state index < -0.39 is 5.91 Å². The normalized spacial score (nSPS) is 11.9. The minimum absolute atomic E-state index is 0.106. The maximum Gasteiger partial charge on any atom is 0.279 e. The first-order valence-electron chi connectivity index (χ1n) is 6.58. The zero-order valence-electron chi connectivity index (χ0n) is 11.8. The smallest absolute Gasteiger partial charge is 0.279 e. The molecule has 1 atom stereocenters. The molecule has 0 aliphatic rings. The monoisotopic (exact) mass is 288 g/mol. The third kappa shape index (κ3) is 4.47. The minimum Gasteiger partial charge on any atom is -0.463 e. The Labute approximate surface area is 122 Å². The van der Waals surface area contributed by atoms with Crippen LogP contribution >= 0.6 is 0 Å². The second-order valence-electron chi connectivity index (χ2n) is 4.88. The number of hydrogen-bond donors (Lipinski definition) is 3. The number of quaternary nitrogens is 1. The van der Waals surface area contributed by atoms with Crippen LogP contribution in [0.1, 0.15) is 16.1 Å². The van der Waals surface area contributed by atoms with Gasteiger partial charge in [0, 0.05) is 11.3 Å². The lowest BCUT2D eigenvalue weighted by Crippen LogP contribution is -3.08. The van der Waals surface area contributed by atoms with Gasteiger partial charge < -0.3 is 20.4 Å². The van der Waals surface area contributed by atoms with Gasteiger partial charge in [-0.25, -0.2) is 0 Å². The molecule has 110 valence electrons. The summed E-state index contributed by atoms with van der Waals surface area (Å²) in [5.74, 6) is 0.243. The Hall–Kier alpha value is -2.60. The maximum atomic E-state index is 11.9. The number of carbonyl (C=O) groups excluding carboxylic acids is 2. The highest BCUT2D eigenvalue weighted by molar-refractivity contribution is 5.95. The first-order valence-corrected chi connectivity index (χ1v) is 6.58. The number of primary amides is 1. The fraction of sp³-hybridized carbons (Fsp3) is 0.200. The van der Waals surface area contributed by atoms with Gasteiger partial charge in [-0.2, -0.15) is 0 Å². The largest absolute Gasteiger partial charge is 0.463 e. The SMILES string of the molecule is C[NH+](CC(=O)Nc1ccc(C(N)=O)cc1)Cc1ccco1. The van der Waals surface area contributed by atoms with Crippen LogP contribution in [0.4, 0.5) is 5.69 Å². The Kier molecular flexibility index (Phi) is 4.73. The number of rotatable bonds is 6. The molecule has 2 aromatic rings. The first kappa shape index (κ1) is 14.8. The number of anilines is 1. The molecular weight excluding hydrogens is 270 g/mol. The highest BCUT2D eigenvalue weighted by Gasteiger charge is 2.12. The molecule has 21 heavy (non-hydrogen) atoms. The standard InChI is InChI=1S/C15H17N3O3/c1-18(9-13-3-2-8-21-13)10-14(19)17-12-6-4-11(5-7-12)15(16)20/h2-8H,9-10H2,1H3,(H2,16,20)(H,17,19)/p+1. The average molecular weight is 288 g/mol. The van der Waals surface area contributed by atoms with Gasteiger partial charge in [-0.1, -0.05) is 0 Å². The Morgan fingerprint density at radius 1 is 1.24 bits per heavy atom. The number of nitrogens with one attached hydrogen (secondary N) is 2. The zero-order chi connectivity index (χ0) is 15.2. The van der Waals surface area contributed by atoms with Crippen molar-refractivity contribution in [2.75, 3.05) is 18.9 Å². The third-order valence-electron chi connectivity index (χ3n) is 2.97. The molecule has 0 spiro atoms. The van der Waals surface area contributed by atoms with E-state index in [9.17, 15) is 9.59 Å². The van der Waals surface area contributed by atoms with Crippen molar-refractivity contribution in [2.45, 2.75) is 6.54 Å². The van der Waals surface area contributed by atoms with Gasteiger partial charge in [-0.05, 0) is 36.4 Å². The summed E-state index contributed by atoms with van der Waals surface area (Å²) in [6.45, 7) is 0.958. The minimum atomic E-state index is -0.490. The fourth-order valence-electron chi connectivity index (χ4n) is 1.97. The zero-order valence-corrected chi connectivity index (χ0v) is 11.8. The molecule has 1 aromatic carbocycles. The number of amides is 2. The number of nitrogens with two attached hydrogens (primary N) is 1. The van der Waals surface area contributed by atoms with E-state index in [-0.39, 0.29) is 5.91 Å². The number of likely N-dealkylation sites (N-methyl/N-ethyl adjacent to an activating group) is 1. The number of carbonyl (C=O) groups is 2. The molecule has 1 aromatic heterocycles. The van der Waals surface area contributed by atoms with Gasteiger partial charge in [0.05, 0.1) is 13.3 Å². The molecule has 0 aliphatic carbocycles. The molecule has 6 heteroatoms. The van der Waals surface area contributed by atoms with Crippen LogP contribution in [0.15, 0.2) is 47.1 Å². The van der Waals surface area contributed by atoms with Crippen LogP contribution < -0.4 is 16.0 Å². The Morgan fingerprint density at radius 3 is 2.52 bits per heavy atom. The van der Waals surface area contributed by atoms with E-state index in [2.05, 4.69) is 5.32 Å². The lowest BCUT2D eigenvalue weighted by atomic mass is 10.2. The van der Waals surface area contributed by atoms with E-state index >= 15 is 0 Å². The van der Waals surface area contributed by atoms with Crippen molar-refractivity contribution in [1.82, 2.24) is 0 Å². The molecule has 6 nitrogen and oxygen atoms in total. The van der Waals surface area contributed by atoms with Gasteiger partial charge in [-0.15, -0.1) is 0 Å². The number of furan rings is 1. The fourth-order valence-corrected chi connectivity index (χ4v) is 1.97. The molecule has 0 radical (unpaired) electrons. The topological polar surface area (TPSA) is 89.8 Å². The highest BCUT2D eigenvalue weighted by Crippen LogP contribution is 2.08. The highest BCUT2D eigenvalue weighted by atomic mass is 16.3. The summed E-state index contributed by atoms with van der Waals surface area (Å²) in [7, 11) is 1.91. The molecule has 2 rings (SSSR count). The second-order valence-corrected chi connectivity index (χ2v) is 4.88. The second kappa shape index (κ2) is 6.71. The Balaban J connectivity index is 1.84. The van der Waals surface area contributed by atoms with Crippen LogP contribution in [0, 0.1) is 0 Å². The Morgan fingerprint density at radius 2 is 1.95 bits per heavy atom. The van der Waals surface area contributed by atoms with Crippen LogP contribution in [0.3, 0.4) is 0 Å². The molecule has 0 fully saturated rings. The van der Waals surface area contributed by atoms with E-state index in [0.717, 1.165) is 10.7 Å². The molecule has 2 amide bonds. The molecule has 1 heterocycles. The van der Waals surface area contributed by atoms with E-state index in [4.69, 9.17) is 10.2 Å². The molecular formula is C15H18N3O3+. The van der Waals surface area contributed by atoms with Crippen LogP contribution in [0.2, 0.25) is 0 Å². The van der Waals surface area contributed by atoms with E-state index in [1.807, 2.05) is 19.2 Å². The summed E-state index contributed by atoms with van der Waals surface area (Å²) in [5.41, 5.74) is 6.20. The summed E-state index contributed by atoms with van der Waals surface area (Å²) < 4.78 is 5.24.